The minimum absolute atomic E-state index is 0.0612. The number of carbonyl (C=O) groups is 2. The van der Waals surface area contributed by atoms with Gasteiger partial charge in [0.1, 0.15) is 5.69 Å². The predicted octanol–water partition coefficient (Wildman–Crippen LogP) is 3.61. The van der Waals surface area contributed by atoms with Crippen molar-refractivity contribution in [3.63, 3.8) is 0 Å². The van der Waals surface area contributed by atoms with Gasteiger partial charge in [0.05, 0.1) is 30.8 Å². The third-order valence-electron chi connectivity index (χ3n) is 6.18. The predicted molar refractivity (Wildman–Crippen MR) is 124 cm³/mol. The van der Waals surface area contributed by atoms with Crippen LogP contribution < -0.4 is 4.90 Å². The van der Waals surface area contributed by atoms with Crippen LogP contribution in [0.2, 0.25) is 0 Å². The third kappa shape index (κ3) is 4.24. The van der Waals surface area contributed by atoms with Gasteiger partial charge < -0.3 is 14.3 Å². The average molecular weight is 472 g/mol. The topological polar surface area (TPSA) is 123 Å². The van der Waals surface area contributed by atoms with Crippen LogP contribution in [0, 0.1) is 6.92 Å². The van der Waals surface area contributed by atoms with Crippen LogP contribution in [0.4, 0.5) is 10.5 Å². The number of furan rings is 1. The SMILES string of the molecule is CC[C@H]1C[C@@H](N(C(=O)O)c2c(C(=O)N(C)OC)oc3c(C)nc(-c4cnn(C)c4)cc23)CCO1. The first-order valence-electron chi connectivity index (χ1n) is 11.1. The van der Waals surface area contributed by atoms with Gasteiger partial charge in [0.2, 0.25) is 5.76 Å². The molecule has 0 aliphatic carbocycles. The molecule has 0 radical (unpaired) electrons. The van der Waals surface area contributed by atoms with Crippen molar-refractivity contribution < 1.29 is 28.7 Å². The first-order valence-corrected chi connectivity index (χ1v) is 11.1. The van der Waals surface area contributed by atoms with E-state index in [9.17, 15) is 14.7 Å². The molecule has 0 bridgehead atoms. The van der Waals surface area contributed by atoms with Crippen molar-refractivity contribution in [2.75, 3.05) is 25.7 Å². The second kappa shape index (κ2) is 9.43. The molecular formula is C23H29N5O6. The van der Waals surface area contributed by atoms with Crippen LogP contribution in [-0.4, -0.2) is 69.8 Å². The van der Waals surface area contributed by atoms with Gasteiger partial charge in [0.15, 0.2) is 5.58 Å². The average Bonchev–Trinajstić information content (AvgIpc) is 3.42. The number of hydroxylamine groups is 2. The summed E-state index contributed by atoms with van der Waals surface area (Å²) in [5.74, 6) is -0.712. The zero-order valence-corrected chi connectivity index (χ0v) is 19.9. The lowest BCUT2D eigenvalue weighted by atomic mass is 9.99. The Morgan fingerprint density at radius 1 is 1.38 bits per heavy atom. The maximum atomic E-state index is 13.2. The molecule has 3 aromatic heterocycles. The fraction of sp³-hybridized carbons (Fsp3) is 0.478. The van der Waals surface area contributed by atoms with E-state index in [0.717, 1.165) is 17.0 Å². The van der Waals surface area contributed by atoms with Crippen LogP contribution in [0.5, 0.6) is 0 Å². The number of ether oxygens (including phenoxy) is 1. The summed E-state index contributed by atoms with van der Waals surface area (Å²) in [5, 5.41) is 16.0. The Morgan fingerprint density at radius 2 is 2.15 bits per heavy atom. The Hall–Kier alpha value is -3.44. The number of aryl methyl sites for hydroxylation is 2. The zero-order valence-electron chi connectivity index (χ0n) is 19.9. The standard InChI is InChI=1S/C23H29N5O6/c1-6-16-9-15(7-8-33-16)28(23(30)31)19-17-10-18(14-11-24-26(3)12-14)25-13(2)20(17)34-21(19)22(29)27(4)32-5/h10-12,15-16H,6-9H2,1-5H3,(H,30,31)/t15-,16-/m0/s1. The van der Waals surface area contributed by atoms with E-state index >= 15 is 0 Å². The molecule has 0 saturated carbocycles. The van der Waals surface area contributed by atoms with Gasteiger partial charge in [-0.1, -0.05) is 6.92 Å². The molecule has 0 aromatic carbocycles. The van der Waals surface area contributed by atoms with Crippen molar-refractivity contribution in [2.24, 2.45) is 7.05 Å². The highest BCUT2D eigenvalue weighted by Crippen LogP contribution is 2.40. The van der Waals surface area contributed by atoms with Gasteiger partial charge in [-0.3, -0.25) is 19.2 Å². The summed E-state index contributed by atoms with van der Waals surface area (Å²) in [5.41, 5.74) is 2.43. The molecule has 1 aliphatic rings. The van der Waals surface area contributed by atoms with Gasteiger partial charge in [-0.15, -0.1) is 0 Å². The summed E-state index contributed by atoms with van der Waals surface area (Å²) in [6.07, 6.45) is 4.05. The smallest absolute Gasteiger partial charge is 0.412 e. The summed E-state index contributed by atoms with van der Waals surface area (Å²) >= 11 is 0. The van der Waals surface area contributed by atoms with Crippen molar-refractivity contribution in [3.8, 4) is 11.3 Å². The number of rotatable bonds is 6. The van der Waals surface area contributed by atoms with E-state index in [1.54, 1.807) is 30.9 Å². The quantitative estimate of drug-likeness (QED) is 0.541. The Balaban J connectivity index is 1.96. The Morgan fingerprint density at radius 3 is 2.76 bits per heavy atom. The second-order valence-electron chi connectivity index (χ2n) is 8.37. The minimum Gasteiger partial charge on any atom is -0.465 e. The van der Waals surface area contributed by atoms with Crippen LogP contribution in [0.25, 0.3) is 22.2 Å². The molecule has 182 valence electrons. The number of hydrogen-bond acceptors (Lipinski definition) is 7. The van der Waals surface area contributed by atoms with E-state index in [0.29, 0.717) is 41.8 Å². The summed E-state index contributed by atoms with van der Waals surface area (Å²) in [6.45, 7) is 4.20. The molecule has 1 aliphatic heterocycles. The van der Waals surface area contributed by atoms with Gasteiger partial charge in [-0.2, -0.15) is 5.10 Å². The number of aromatic nitrogens is 3. The van der Waals surface area contributed by atoms with E-state index in [-0.39, 0.29) is 23.6 Å². The van der Waals surface area contributed by atoms with Crippen molar-refractivity contribution in [1.29, 1.82) is 0 Å². The van der Waals surface area contributed by atoms with E-state index in [4.69, 9.17) is 14.0 Å². The summed E-state index contributed by atoms with van der Waals surface area (Å²) in [7, 11) is 4.60. The van der Waals surface area contributed by atoms with Crippen molar-refractivity contribution in [2.45, 2.75) is 45.3 Å². The van der Waals surface area contributed by atoms with Crippen LogP contribution in [0.3, 0.4) is 0 Å². The highest BCUT2D eigenvalue weighted by molar-refractivity contribution is 6.11. The summed E-state index contributed by atoms with van der Waals surface area (Å²) in [6, 6.07) is 1.36. The minimum atomic E-state index is -1.17. The number of pyridine rings is 1. The molecule has 4 heterocycles. The van der Waals surface area contributed by atoms with Crippen LogP contribution in [0.15, 0.2) is 22.9 Å². The molecule has 2 atom stereocenters. The summed E-state index contributed by atoms with van der Waals surface area (Å²) < 4.78 is 13.4. The van der Waals surface area contributed by atoms with E-state index in [1.165, 1.54) is 19.1 Å². The van der Waals surface area contributed by atoms with E-state index in [2.05, 4.69) is 10.1 Å². The van der Waals surface area contributed by atoms with Gasteiger partial charge in [-0.05, 0) is 32.3 Å². The van der Waals surface area contributed by atoms with E-state index < -0.39 is 12.0 Å². The zero-order chi connectivity index (χ0) is 24.6. The van der Waals surface area contributed by atoms with Gasteiger partial charge in [0.25, 0.3) is 0 Å². The molecule has 0 unspecified atom stereocenters. The first-order chi connectivity index (χ1) is 16.2. The molecule has 11 nitrogen and oxygen atoms in total. The Bertz CT molecular complexity index is 1220. The number of carboxylic acid groups (broad SMARTS) is 1. The van der Waals surface area contributed by atoms with Crippen LogP contribution in [-0.2, 0) is 16.6 Å². The van der Waals surface area contributed by atoms with Gasteiger partial charge in [-0.25, -0.2) is 14.8 Å². The number of hydrogen-bond donors (Lipinski definition) is 1. The lowest BCUT2D eigenvalue weighted by molar-refractivity contribution is -0.0772. The first kappa shape index (κ1) is 23.7. The fourth-order valence-corrected chi connectivity index (χ4v) is 4.36. The molecule has 34 heavy (non-hydrogen) atoms. The normalized spacial score (nSPS) is 18.3. The fourth-order valence-electron chi connectivity index (χ4n) is 4.36. The van der Waals surface area contributed by atoms with E-state index in [1.807, 2.05) is 13.1 Å². The number of anilines is 1. The van der Waals surface area contributed by atoms with Crippen molar-refractivity contribution in [1.82, 2.24) is 19.8 Å². The third-order valence-corrected chi connectivity index (χ3v) is 6.18. The molecule has 1 fully saturated rings. The second-order valence-corrected chi connectivity index (χ2v) is 8.37. The lowest BCUT2D eigenvalue weighted by Gasteiger charge is -2.35. The van der Waals surface area contributed by atoms with Crippen LogP contribution in [0.1, 0.15) is 42.4 Å². The molecule has 0 spiro atoms. The monoisotopic (exact) mass is 471 g/mol. The lowest BCUT2D eigenvalue weighted by Crippen LogP contribution is -2.46. The summed E-state index contributed by atoms with van der Waals surface area (Å²) in [4.78, 5) is 36.8. The number of carbonyl (C=O) groups excluding carboxylic acids is 1. The maximum Gasteiger partial charge on any atom is 0.412 e. The highest BCUT2D eigenvalue weighted by atomic mass is 16.7. The number of fused-ring (bicyclic) bond motifs is 1. The van der Waals surface area contributed by atoms with Crippen molar-refractivity contribution in [3.05, 3.63) is 29.9 Å². The Labute approximate surface area is 196 Å². The van der Waals surface area contributed by atoms with Crippen LogP contribution >= 0.6 is 0 Å². The largest absolute Gasteiger partial charge is 0.465 e. The molecule has 3 aromatic rings. The molecule has 2 amide bonds. The highest BCUT2D eigenvalue weighted by Gasteiger charge is 2.37. The van der Waals surface area contributed by atoms with Gasteiger partial charge in [0, 0.05) is 43.9 Å². The molecule has 11 heteroatoms. The molecule has 1 saturated heterocycles. The van der Waals surface area contributed by atoms with Crippen molar-refractivity contribution >= 4 is 28.7 Å². The Kier molecular flexibility index (Phi) is 6.58. The van der Waals surface area contributed by atoms with Gasteiger partial charge >= 0.3 is 12.0 Å². The number of nitrogens with zero attached hydrogens (tertiary/aromatic N) is 5. The molecule has 1 N–H and O–H groups in total. The number of amides is 2. The molecular weight excluding hydrogens is 442 g/mol. The maximum absolute atomic E-state index is 13.2. The molecule has 4 rings (SSSR count).